The summed E-state index contributed by atoms with van der Waals surface area (Å²) in [5.74, 6) is 0. The maximum Gasteiger partial charge on any atom is 0.124 e. The molecule has 4 nitrogen and oxygen atoms in total. The molecule has 0 spiro atoms. The highest BCUT2D eigenvalue weighted by atomic mass is 16.5. The molecule has 0 aliphatic rings. The number of fused-ring (bicyclic) bond motifs is 1. The summed E-state index contributed by atoms with van der Waals surface area (Å²) < 4.78 is 6.70. The van der Waals surface area contributed by atoms with E-state index in [-0.39, 0.29) is 0 Å². The average molecular weight is 199 g/mol. The van der Waals surface area contributed by atoms with Gasteiger partial charge in [0.1, 0.15) is 12.0 Å². The van der Waals surface area contributed by atoms with E-state index in [0.29, 0.717) is 0 Å². The fourth-order valence-electron chi connectivity index (χ4n) is 1.79. The lowest BCUT2D eigenvalue weighted by Gasteiger charge is -2.00. The second-order valence-electron chi connectivity index (χ2n) is 3.40. The average Bonchev–Trinajstić information content (AvgIpc) is 2.88. The molecule has 3 rings (SSSR count). The standard InChI is InChI=1S/C11H9N3O/c1-14-11-8(7-12-14)3-2-4-9(11)10-5-6-15-13-10/h2-7H,1H3. The van der Waals surface area contributed by atoms with Gasteiger partial charge in [0.25, 0.3) is 0 Å². The lowest BCUT2D eigenvalue weighted by molar-refractivity contribution is 0.422. The highest BCUT2D eigenvalue weighted by molar-refractivity contribution is 5.92. The highest BCUT2D eigenvalue weighted by Crippen LogP contribution is 2.26. The van der Waals surface area contributed by atoms with E-state index in [9.17, 15) is 0 Å². The fraction of sp³-hybridized carbons (Fsp3) is 0.0909. The maximum absolute atomic E-state index is 4.85. The molecule has 0 N–H and O–H groups in total. The van der Waals surface area contributed by atoms with Crippen molar-refractivity contribution in [3.8, 4) is 11.3 Å². The molecule has 74 valence electrons. The van der Waals surface area contributed by atoms with Crippen molar-refractivity contribution in [3.05, 3.63) is 36.7 Å². The van der Waals surface area contributed by atoms with Crippen molar-refractivity contribution in [3.63, 3.8) is 0 Å². The van der Waals surface area contributed by atoms with Crippen LogP contribution in [0.1, 0.15) is 0 Å². The number of hydrogen-bond acceptors (Lipinski definition) is 3. The molecule has 15 heavy (non-hydrogen) atoms. The van der Waals surface area contributed by atoms with Gasteiger partial charge in [-0.15, -0.1) is 0 Å². The van der Waals surface area contributed by atoms with Crippen LogP contribution in [-0.2, 0) is 7.05 Å². The molecule has 0 bridgehead atoms. The van der Waals surface area contributed by atoms with Gasteiger partial charge in [0.15, 0.2) is 0 Å². The summed E-state index contributed by atoms with van der Waals surface area (Å²) >= 11 is 0. The number of hydrogen-bond donors (Lipinski definition) is 0. The Morgan fingerprint density at radius 2 is 2.20 bits per heavy atom. The van der Waals surface area contributed by atoms with Gasteiger partial charge < -0.3 is 4.52 Å². The molecular formula is C11H9N3O. The Hall–Kier alpha value is -2.10. The zero-order valence-corrected chi connectivity index (χ0v) is 8.21. The molecule has 0 radical (unpaired) electrons. The minimum Gasteiger partial charge on any atom is -0.364 e. The number of para-hydroxylation sites is 1. The second-order valence-corrected chi connectivity index (χ2v) is 3.40. The molecule has 4 heteroatoms. The Balaban J connectivity index is 2.39. The molecule has 0 saturated heterocycles. The molecule has 0 saturated carbocycles. The molecule has 2 aromatic heterocycles. The SMILES string of the molecule is Cn1ncc2cccc(-c3ccon3)c21. The van der Waals surface area contributed by atoms with Crippen molar-refractivity contribution in [1.82, 2.24) is 14.9 Å². The van der Waals surface area contributed by atoms with Crippen LogP contribution >= 0.6 is 0 Å². The molecule has 1 aromatic carbocycles. The summed E-state index contributed by atoms with van der Waals surface area (Å²) in [4.78, 5) is 0. The van der Waals surface area contributed by atoms with Gasteiger partial charge in [0.2, 0.25) is 0 Å². The zero-order chi connectivity index (χ0) is 10.3. The monoisotopic (exact) mass is 199 g/mol. The van der Waals surface area contributed by atoms with Crippen LogP contribution in [0.25, 0.3) is 22.2 Å². The molecule has 0 aliphatic carbocycles. The van der Waals surface area contributed by atoms with E-state index in [0.717, 1.165) is 22.2 Å². The van der Waals surface area contributed by atoms with Crippen molar-refractivity contribution >= 4 is 10.9 Å². The van der Waals surface area contributed by atoms with Gasteiger partial charge in [0, 0.05) is 24.1 Å². The number of aryl methyl sites for hydroxylation is 1. The normalized spacial score (nSPS) is 11.0. The van der Waals surface area contributed by atoms with Crippen molar-refractivity contribution in [2.45, 2.75) is 0 Å². The van der Waals surface area contributed by atoms with Crippen LogP contribution in [0.2, 0.25) is 0 Å². The van der Waals surface area contributed by atoms with Crippen molar-refractivity contribution in [1.29, 1.82) is 0 Å². The van der Waals surface area contributed by atoms with Crippen LogP contribution in [0, 0.1) is 0 Å². The fourth-order valence-corrected chi connectivity index (χ4v) is 1.79. The Bertz CT molecular complexity index is 595. The summed E-state index contributed by atoms with van der Waals surface area (Å²) in [5.41, 5.74) is 2.96. The van der Waals surface area contributed by atoms with Gasteiger partial charge in [-0.1, -0.05) is 23.4 Å². The third-order valence-electron chi connectivity index (χ3n) is 2.47. The number of benzene rings is 1. The third-order valence-corrected chi connectivity index (χ3v) is 2.47. The first kappa shape index (κ1) is 8.23. The predicted molar refractivity (Wildman–Crippen MR) is 56.2 cm³/mol. The van der Waals surface area contributed by atoms with Gasteiger partial charge in [0.05, 0.1) is 11.7 Å². The first-order valence-electron chi connectivity index (χ1n) is 4.68. The third kappa shape index (κ3) is 1.15. The minimum atomic E-state index is 0.837. The van der Waals surface area contributed by atoms with Crippen LogP contribution < -0.4 is 0 Å². The lowest BCUT2D eigenvalue weighted by Crippen LogP contribution is -1.91. The summed E-state index contributed by atoms with van der Waals surface area (Å²) in [7, 11) is 1.92. The molecule has 0 aliphatic heterocycles. The molecule has 0 amide bonds. The molecule has 2 heterocycles. The quantitative estimate of drug-likeness (QED) is 0.603. The van der Waals surface area contributed by atoms with Crippen molar-refractivity contribution in [2.75, 3.05) is 0 Å². The van der Waals surface area contributed by atoms with Crippen LogP contribution in [0.4, 0.5) is 0 Å². The maximum atomic E-state index is 4.85. The largest absolute Gasteiger partial charge is 0.364 e. The topological polar surface area (TPSA) is 43.9 Å². The Labute approximate surface area is 86.1 Å². The van der Waals surface area contributed by atoms with E-state index in [2.05, 4.69) is 10.3 Å². The van der Waals surface area contributed by atoms with Crippen molar-refractivity contribution in [2.24, 2.45) is 7.05 Å². The smallest absolute Gasteiger partial charge is 0.124 e. The van der Waals surface area contributed by atoms with E-state index in [1.54, 1.807) is 6.26 Å². The Kier molecular flexibility index (Phi) is 1.62. The molecule has 0 atom stereocenters. The number of nitrogens with zero attached hydrogens (tertiary/aromatic N) is 3. The first-order valence-corrected chi connectivity index (χ1v) is 4.68. The summed E-state index contributed by atoms with van der Waals surface area (Å²) in [6.07, 6.45) is 3.42. The van der Waals surface area contributed by atoms with E-state index in [4.69, 9.17) is 4.52 Å². The van der Waals surface area contributed by atoms with Crippen LogP contribution in [0.3, 0.4) is 0 Å². The molecule has 3 aromatic rings. The Morgan fingerprint density at radius 3 is 3.00 bits per heavy atom. The molecule has 0 unspecified atom stereocenters. The molecular weight excluding hydrogens is 190 g/mol. The minimum absolute atomic E-state index is 0.837. The predicted octanol–water partition coefficient (Wildman–Crippen LogP) is 2.23. The number of aromatic nitrogens is 3. The highest BCUT2D eigenvalue weighted by Gasteiger charge is 2.09. The van der Waals surface area contributed by atoms with Crippen LogP contribution in [0.15, 0.2) is 41.2 Å². The van der Waals surface area contributed by atoms with Gasteiger partial charge in [-0.05, 0) is 0 Å². The zero-order valence-electron chi connectivity index (χ0n) is 8.21. The summed E-state index contributed by atoms with van der Waals surface area (Å²) in [6, 6.07) is 7.89. The van der Waals surface area contributed by atoms with Crippen LogP contribution in [0.5, 0.6) is 0 Å². The van der Waals surface area contributed by atoms with E-state index in [1.807, 2.05) is 42.2 Å². The van der Waals surface area contributed by atoms with E-state index < -0.39 is 0 Å². The first-order chi connectivity index (χ1) is 7.36. The van der Waals surface area contributed by atoms with Crippen LogP contribution in [-0.4, -0.2) is 14.9 Å². The molecule has 0 fully saturated rings. The van der Waals surface area contributed by atoms with E-state index >= 15 is 0 Å². The van der Waals surface area contributed by atoms with Gasteiger partial charge in [-0.2, -0.15) is 5.10 Å². The van der Waals surface area contributed by atoms with Gasteiger partial charge in [-0.25, -0.2) is 0 Å². The van der Waals surface area contributed by atoms with Gasteiger partial charge >= 0.3 is 0 Å². The Morgan fingerprint density at radius 1 is 1.27 bits per heavy atom. The summed E-state index contributed by atoms with van der Waals surface area (Å²) in [5, 5.41) is 9.28. The van der Waals surface area contributed by atoms with Gasteiger partial charge in [-0.3, -0.25) is 4.68 Å². The van der Waals surface area contributed by atoms with Crippen molar-refractivity contribution < 1.29 is 4.52 Å². The second kappa shape index (κ2) is 2.95. The summed E-state index contributed by atoms with van der Waals surface area (Å²) in [6.45, 7) is 0. The number of rotatable bonds is 1. The van der Waals surface area contributed by atoms with E-state index in [1.165, 1.54) is 0 Å². The lowest BCUT2D eigenvalue weighted by atomic mass is 10.1.